The van der Waals surface area contributed by atoms with Gasteiger partial charge in [0.15, 0.2) is 0 Å². The largest absolute Gasteiger partial charge is 0.490 e. The summed E-state index contributed by atoms with van der Waals surface area (Å²) < 4.78 is 19.4. The lowest BCUT2D eigenvalue weighted by atomic mass is 9.76. The number of hydrogen-bond acceptors (Lipinski definition) is 3. The number of imide groups is 1. The standard InChI is InChI=1S/C19H14FNO3/c1-2-7-24-12-4-6-14-13-5-3-11(20)8-15(13)19(16(14)9-12)10-17(22)21-18(19)23/h2-6,8-9H,1,7,10H2,(H,21,22,23). The molecule has 1 N–H and O–H groups in total. The van der Waals surface area contributed by atoms with Crippen molar-refractivity contribution in [3.8, 4) is 16.9 Å². The molecule has 24 heavy (non-hydrogen) atoms. The van der Waals surface area contributed by atoms with Crippen molar-refractivity contribution < 1.29 is 18.7 Å². The Bertz CT molecular complexity index is 905. The molecule has 1 fully saturated rings. The number of hydrogen-bond donors (Lipinski definition) is 1. The normalized spacial score (nSPS) is 20.7. The molecule has 0 aromatic heterocycles. The first-order chi connectivity index (χ1) is 11.6. The van der Waals surface area contributed by atoms with E-state index in [0.29, 0.717) is 23.5 Å². The van der Waals surface area contributed by atoms with Crippen LogP contribution in [-0.4, -0.2) is 18.4 Å². The van der Waals surface area contributed by atoms with Gasteiger partial charge in [-0.3, -0.25) is 14.9 Å². The molecule has 2 aromatic rings. The highest BCUT2D eigenvalue weighted by atomic mass is 19.1. The maximum absolute atomic E-state index is 13.8. The van der Waals surface area contributed by atoms with Crippen molar-refractivity contribution in [1.82, 2.24) is 5.32 Å². The maximum Gasteiger partial charge on any atom is 0.242 e. The van der Waals surface area contributed by atoms with Gasteiger partial charge in [0.2, 0.25) is 11.8 Å². The van der Waals surface area contributed by atoms with E-state index in [1.165, 1.54) is 12.1 Å². The molecule has 0 radical (unpaired) electrons. The fourth-order valence-corrected chi connectivity index (χ4v) is 3.64. The molecule has 0 bridgehead atoms. The van der Waals surface area contributed by atoms with Gasteiger partial charge in [0.05, 0.1) is 0 Å². The van der Waals surface area contributed by atoms with Gasteiger partial charge < -0.3 is 4.74 Å². The van der Waals surface area contributed by atoms with Gasteiger partial charge >= 0.3 is 0 Å². The van der Waals surface area contributed by atoms with Crippen LogP contribution in [0.15, 0.2) is 49.1 Å². The Balaban J connectivity index is 1.97. The van der Waals surface area contributed by atoms with Crippen molar-refractivity contribution in [2.75, 3.05) is 6.61 Å². The SMILES string of the molecule is C=CCOc1ccc2c(c1)C1(CC(=O)NC1=O)c1cc(F)ccc1-2. The summed E-state index contributed by atoms with van der Waals surface area (Å²) in [6.07, 6.45) is 1.60. The van der Waals surface area contributed by atoms with Gasteiger partial charge in [-0.2, -0.15) is 0 Å². The molecule has 1 saturated heterocycles. The molecule has 4 nitrogen and oxygen atoms in total. The van der Waals surface area contributed by atoms with E-state index in [2.05, 4.69) is 11.9 Å². The van der Waals surface area contributed by atoms with Crippen molar-refractivity contribution in [2.45, 2.75) is 11.8 Å². The van der Waals surface area contributed by atoms with Crippen molar-refractivity contribution in [1.29, 1.82) is 0 Å². The smallest absolute Gasteiger partial charge is 0.242 e. The second-order valence-corrected chi connectivity index (χ2v) is 5.96. The minimum atomic E-state index is -1.18. The Labute approximate surface area is 137 Å². The highest BCUT2D eigenvalue weighted by Gasteiger charge is 2.55. The minimum absolute atomic E-state index is 0.0276. The molecule has 1 atom stereocenters. The molecule has 2 aromatic carbocycles. The number of fused-ring (bicyclic) bond motifs is 5. The molecule has 2 aliphatic rings. The van der Waals surface area contributed by atoms with Crippen LogP contribution in [0, 0.1) is 5.82 Å². The van der Waals surface area contributed by atoms with Gasteiger partial charge in [0.25, 0.3) is 0 Å². The molecule has 4 rings (SSSR count). The van der Waals surface area contributed by atoms with E-state index >= 15 is 0 Å². The number of amides is 2. The monoisotopic (exact) mass is 323 g/mol. The summed E-state index contributed by atoms with van der Waals surface area (Å²) in [5.74, 6) is -0.635. The van der Waals surface area contributed by atoms with Crippen LogP contribution in [-0.2, 0) is 15.0 Å². The first-order valence-electron chi connectivity index (χ1n) is 7.59. The second-order valence-electron chi connectivity index (χ2n) is 5.96. The quantitative estimate of drug-likeness (QED) is 0.698. The number of carbonyl (C=O) groups is 2. The predicted octanol–water partition coefficient (Wildman–Crippen LogP) is 2.70. The Morgan fingerprint density at radius 1 is 1.17 bits per heavy atom. The van der Waals surface area contributed by atoms with Crippen LogP contribution in [0.4, 0.5) is 4.39 Å². The van der Waals surface area contributed by atoms with Gasteiger partial charge in [-0.15, -0.1) is 0 Å². The summed E-state index contributed by atoms with van der Waals surface area (Å²) in [7, 11) is 0. The van der Waals surface area contributed by atoms with Crippen molar-refractivity contribution in [3.05, 3.63) is 66.0 Å². The second kappa shape index (κ2) is 5.03. The minimum Gasteiger partial charge on any atom is -0.490 e. The molecular formula is C19H14FNO3. The third kappa shape index (κ3) is 1.84. The van der Waals surface area contributed by atoms with Gasteiger partial charge in [0.1, 0.15) is 23.6 Å². The van der Waals surface area contributed by atoms with Crippen LogP contribution in [0.25, 0.3) is 11.1 Å². The molecule has 2 amide bonds. The topological polar surface area (TPSA) is 55.4 Å². The van der Waals surface area contributed by atoms with Gasteiger partial charge in [-0.05, 0) is 46.5 Å². The summed E-state index contributed by atoms with van der Waals surface area (Å²) in [5, 5.41) is 2.36. The fraction of sp³-hybridized carbons (Fsp3) is 0.158. The fourth-order valence-electron chi connectivity index (χ4n) is 3.64. The molecule has 120 valence electrons. The van der Waals surface area contributed by atoms with E-state index in [0.717, 1.165) is 11.1 Å². The Morgan fingerprint density at radius 2 is 1.88 bits per heavy atom. The van der Waals surface area contributed by atoms with E-state index in [4.69, 9.17) is 4.74 Å². The van der Waals surface area contributed by atoms with Crippen molar-refractivity contribution in [2.24, 2.45) is 0 Å². The summed E-state index contributed by atoms with van der Waals surface area (Å²) in [6, 6.07) is 9.75. The number of rotatable bonds is 3. The highest BCUT2D eigenvalue weighted by Crippen LogP contribution is 2.53. The summed E-state index contributed by atoms with van der Waals surface area (Å²) in [5.41, 5.74) is 1.61. The van der Waals surface area contributed by atoms with E-state index in [1.54, 1.807) is 24.3 Å². The zero-order valence-corrected chi connectivity index (χ0v) is 12.8. The zero-order valence-electron chi connectivity index (χ0n) is 12.8. The lowest BCUT2D eigenvalue weighted by Gasteiger charge is -2.22. The lowest BCUT2D eigenvalue weighted by Crippen LogP contribution is -2.35. The van der Waals surface area contributed by atoms with E-state index < -0.39 is 17.1 Å². The average molecular weight is 323 g/mol. The summed E-state index contributed by atoms with van der Waals surface area (Å²) >= 11 is 0. The van der Waals surface area contributed by atoms with Crippen LogP contribution < -0.4 is 10.1 Å². The number of nitrogens with one attached hydrogen (secondary N) is 1. The van der Waals surface area contributed by atoms with E-state index in [1.807, 2.05) is 6.07 Å². The van der Waals surface area contributed by atoms with Crippen molar-refractivity contribution >= 4 is 11.8 Å². The van der Waals surface area contributed by atoms with E-state index in [-0.39, 0.29) is 12.3 Å². The highest BCUT2D eigenvalue weighted by molar-refractivity contribution is 6.14. The number of ether oxygens (including phenoxy) is 1. The lowest BCUT2D eigenvalue weighted by molar-refractivity contribution is -0.125. The Kier molecular flexibility index (Phi) is 3.06. The maximum atomic E-state index is 13.8. The average Bonchev–Trinajstić information content (AvgIpc) is 3.01. The predicted molar refractivity (Wildman–Crippen MR) is 86.1 cm³/mol. The number of benzene rings is 2. The molecule has 1 aliphatic heterocycles. The van der Waals surface area contributed by atoms with Gasteiger partial charge in [-0.1, -0.05) is 24.8 Å². The third-order valence-electron chi connectivity index (χ3n) is 4.62. The molecule has 1 aliphatic carbocycles. The molecule has 1 heterocycles. The third-order valence-corrected chi connectivity index (χ3v) is 4.62. The molecular weight excluding hydrogens is 309 g/mol. The van der Waals surface area contributed by atoms with Crippen LogP contribution in [0.5, 0.6) is 5.75 Å². The van der Waals surface area contributed by atoms with Crippen molar-refractivity contribution in [3.63, 3.8) is 0 Å². The van der Waals surface area contributed by atoms with Crippen LogP contribution in [0.2, 0.25) is 0 Å². The van der Waals surface area contributed by atoms with Crippen LogP contribution >= 0.6 is 0 Å². The molecule has 1 spiro atoms. The first-order valence-corrected chi connectivity index (χ1v) is 7.59. The Hall–Kier alpha value is -2.95. The number of carbonyl (C=O) groups excluding carboxylic acids is 2. The van der Waals surface area contributed by atoms with E-state index in [9.17, 15) is 14.0 Å². The molecule has 0 saturated carbocycles. The van der Waals surface area contributed by atoms with Gasteiger partial charge in [-0.25, -0.2) is 4.39 Å². The number of halogens is 1. The summed E-state index contributed by atoms with van der Waals surface area (Å²) in [6.45, 7) is 3.94. The van der Waals surface area contributed by atoms with Crippen LogP contribution in [0.3, 0.4) is 0 Å². The molecule has 1 unspecified atom stereocenters. The van der Waals surface area contributed by atoms with Gasteiger partial charge in [0, 0.05) is 6.42 Å². The molecule has 5 heteroatoms. The summed E-state index contributed by atoms with van der Waals surface area (Å²) in [4.78, 5) is 24.6. The Morgan fingerprint density at radius 3 is 2.54 bits per heavy atom. The van der Waals surface area contributed by atoms with Crippen LogP contribution in [0.1, 0.15) is 17.5 Å². The zero-order chi connectivity index (χ0) is 16.9. The first kappa shape index (κ1) is 14.6.